The molecule has 0 bridgehead atoms. The van der Waals surface area contributed by atoms with Crippen LogP contribution in [0.2, 0.25) is 0 Å². The van der Waals surface area contributed by atoms with Crippen LogP contribution in [-0.2, 0) is 22.4 Å². The molecule has 2 aromatic rings. The molecule has 0 saturated heterocycles. The van der Waals surface area contributed by atoms with Gasteiger partial charge in [0.25, 0.3) is 0 Å². The summed E-state index contributed by atoms with van der Waals surface area (Å²) in [5.74, 6) is -0.355. The zero-order valence-corrected chi connectivity index (χ0v) is 19.2. The van der Waals surface area contributed by atoms with E-state index in [2.05, 4.69) is 13.8 Å². The highest BCUT2D eigenvalue weighted by atomic mass is 16.6. The first-order valence-electron chi connectivity index (χ1n) is 10.2. The van der Waals surface area contributed by atoms with E-state index in [4.69, 9.17) is 18.9 Å². The standard InChI is InChI=1S/C24H30O8/c1-13(7-17-9-19(27)23(29-5)21(11-17)31-15(3)25)14(2)8-18-10-20(28)24(30-6)22(12-18)32-16(4)26/h9-14,27-28H,7-8H2,1-6H3/t13-,14+. The zero-order chi connectivity index (χ0) is 24.0. The Hall–Kier alpha value is -3.42. The fourth-order valence-corrected chi connectivity index (χ4v) is 3.54. The first-order chi connectivity index (χ1) is 15.0. The first-order valence-corrected chi connectivity index (χ1v) is 10.2. The lowest BCUT2D eigenvalue weighted by Crippen LogP contribution is -2.14. The second-order valence-electron chi connectivity index (χ2n) is 7.84. The SMILES string of the molecule is COc1c(O)cc(C[C@@H](C)[C@@H](C)Cc2cc(O)c(OC)c(OC(C)=O)c2)cc1OC(C)=O. The molecule has 0 radical (unpaired) electrons. The minimum atomic E-state index is -0.510. The Balaban J connectivity index is 2.21. The molecule has 0 heterocycles. The van der Waals surface area contributed by atoms with Crippen LogP contribution in [-0.4, -0.2) is 36.4 Å². The van der Waals surface area contributed by atoms with Crippen molar-refractivity contribution >= 4 is 11.9 Å². The highest BCUT2D eigenvalue weighted by molar-refractivity contribution is 5.72. The van der Waals surface area contributed by atoms with Gasteiger partial charge in [0.15, 0.2) is 23.0 Å². The van der Waals surface area contributed by atoms with Crippen LogP contribution in [0.3, 0.4) is 0 Å². The second-order valence-corrected chi connectivity index (χ2v) is 7.84. The summed E-state index contributed by atoms with van der Waals surface area (Å²) in [6, 6.07) is 6.54. The normalized spacial score (nSPS) is 12.6. The van der Waals surface area contributed by atoms with Crippen molar-refractivity contribution in [2.24, 2.45) is 11.8 Å². The van der Waals surface area contributed by atoms with E-state index in [9.17, 15) is 19.8 Å². The predicted molar refractivity (Wildman–Crippen MR) is 118 cm³/mol. The van der Waals surface area contributed by atoms with E-state index < -0.39 is 11.9 Å². The Kier molecular flexibility index (Phi) is 8.34. The van der Waals surface area contributed by atoms with Gasteiger partial charge in [0, 0.05) is 13.8 Å². The Morgan fingerprint density at radius 3 is 1.38 bits per heavy atom. The Labute approximate surface area is 187 Å². The van der Waals surface area contributed by atoms with E-state index in [0.29, 0.717) is 12.8 Å². The van der Waals surface area contributed by atoms with Gasteiger partial charge in [-0.3, -0.25) is 9.59 Å². The monoisotopic (exact) mass is 446 g/mol. The summed E-state index contributed by atoms with van der Waals surface area (Å²) in [6.45, 7) is 6.69. The number of methoxy groups -OCH3 is 2. The van der Waals surface area contributed by atoms with Crippen molar-refractivity contribution in [3.63, 3.8) is 0 Å². The van der Waals surface area contributed by atoms with Crippen LogP contribution in [0.4, 0.5) is 0 Å². The van der Waals surface area contributed by atoms with E-state index in [1.807, 2.05) is 0 Å². The third-order valence-electron chi connectivity index (χ3n) is 5.19. The summed E-state index contributed by atoms with van der Waals surface area (Å²) in [6.07, 6.45) is 1.21. The molecule has 8 nitrogen and oxygen atoms in total. The fraction of sp³-hybridized carbons (Fsp3) is 0.417. The summed E-state index contributed by atoms with van der Waals surface area (Å²) in [5, 5.41) is 20.5. The van der Waals surface area contributed by atoms with Crippen molar-refractivity contribution < 1.29 is 38.7 Å². The molecule has 174 valence electrons. The van der Waals surface area contributed by atoms with E-state index in [-0.39, 0.29) is 46.3 Å². The Morgan fingerprint density at radius 2 is 1.09 bits per heavy atom. The minimum Gasteiger partial charge on any atom is -0.504 e. The van der Waals surface area contributed by atoms with Crippen molar-refractivity contribution in [3.05, 3.63) is 35.4 Å². The van der Waals surface area contributed by atoms with Crippen molar-refractivity contribution in [2.45, 2.75) is 40.5 Å². The van der Waals surface area contributed by atoms with Gasteiger partial charge in [-0.05, 0) is 60.1 Å². The predicted octanol–water partition coefficient (Wildman–Crippen LogP) is 4.02. The molecule has 0 amide bonds. The van der Waals surface area contributed by atoms with Gasteiger partial charge in [-0.2, -0.15) is 0 Å². The Morgan fingerprint density at radius 1 is 0.750 bits per heavy atom. The van der Waals surface area contributed by atoms with Crippen molar-refractivity contribution in [1.82, 2.24) is 0 Å². The highest BCUT2D eigenvalue weighted by Crippen LogP contribution is 2.40. The van der Waals surface area contributed by atoms with Crippen LogP contribution in [0.15, 0.2) is 24.3 Å². The number of hydrogen-bond donors (Lipinski definition) is 2. The number of phenolic OH excluding ortho intramolecular Hbond substituents is 2. The number of ether oxygens (including phenoxy) is 4. The van der Waals surface area contributed by atoms with E-state index in [0.717, 1.165) is 11.1 Å². The molecule has 0 fully saturated rings. The minimum absolute atomic E-state index is 0.104. The van der Waals surface area contributed by atoms with Gasteiger partial charge < -0.3 is 29.2 Å². The maximum Gasteiger partial charge on any atom is 0.308 e. The topological polar surface area (TPSA) is 112 Å². The molecule has 0 aromatic heterocycles. The van der Waals surface area contributed by atoms with Crippen molar-refractivity contribution in [2.75, 3.05) is 14.2 Å². The van der Waals surface area contributed by atoms with Crippen molar-refractivity contribution in [1.29, 1.82) is 0 Å². The molecule has 0 unspecified atom stereocenters. The number of aromatic hydroxyl groups is 2. The van der Waals surface area contributed by atoms with Crippen LogP contribution >= 0.6 is 0 Å². The van der Waals surface area contributed by atoms with Crippen molar-refractivity contribution in [3.8, 4) is 34.5 Å². The average Bonchev–Trinajstić information content (AvgIpc) is 2.66. The Bertz CT molecular complexity index is 903. The molecule has 8 heteroatoms. The highest BCUT2D eigenvalue weighted by Gasteiger charge is 2.20. The van der Waals surface area contributed by atoms with Crippen LogP contribution in [0.5, 0.6) is 34.5 Å². The van der Waals surface area contributed by atoms with Crippen LogP contribution in [0.25, 0.3) is 0 Å². The lowest BCUT2D eigenvalue weighted by molar-refractivity contribution is -0.132. The zero-order valence-electron chi connectivity index (χ0n) is 19.2. The molecular weight excluding hydrogens is 416 g/mol. The number of rotatable bonds is 9. The van der Waals surface area contributed by atoms with Gasteiger partial charge in [0.2, 0.25) is 11.5 Å². The third-order valence-corrected chi connectivity index (χ3v) is 5.19. The first kappa shape index (κ1) is 24.8. The van der Waals surface area contributed by atoms with Gasteiger partial charge >= 0.3 is 11.9 Å². The van der Waals surface area contributed by atoms with E-state index >= 15 is 0 Å². The van der Waals surface area contributed by atoms with Gasteiger partial charge in [0.1, 0.15) is 0 Å². The largest absolute Gasteiger partial charge is 0.504 e. The quantitative estimate of drug-likeness (QED) is 0.439. The van der Waals surface area contributed by atoms with Gasteiger partial charge in [-0.1, -0.05) is 13.8 Å². The van der Waals surface area contributed by atoms with Gasteiger partial charge in [-0.15, -0.1) is 0 Å². The molecule has 0 aliphatic rings. The molecule has 2 atom stereocenters. The lowest BCUT2D eigenvalue weighted by Gasteiger charge is -2.22. The van der Waals surface area contributed by atoms with Crippen LogP contribution in [0.1, 0.15) is 38.8 Å². The average molecular weight is 446 g/mol. The summed E-state index contributed by atoms with van der Waals surface area (Å²) >= 11 is 0. The molecule has 0 aliphatic heterocycles. The molecule has 2 aromatic carbocycles. The number of carbonyl (C=O) groups excluding carboxylic acids is 2. The molecule has 32 heavy (non-hydrogen) atoms. The smallest absolute Gasteiger partial charge is 0.308 e. The summed E-state index contributed by atoms with van der Waals surface area (Å²) in [5.41, 5.74) is 1.58. The van der Waals surface area contributed by atoms with Gasteiger partial charge in [-0.25, -0.2) is 0 Å². The summed E-state index contributed by atoms with van der Waals surface area (Å²) in [7, 11) is 2.78. The second kappa shape index (κ2) is 10.7. The molecule has 0 saturated carbocycles. The lowest BCUT2D eigenvalue weighted by atomic mass is 9.85. The summed E-state index contributed by atoms with van der Waals surface area (Å²) < 4.78 is 20.6. The van der Waals surface area contributed by atoms with Crippen LogP contribution in [0, 0.1) is 11.8 Å². The number of benzene rings is 2. The molecule has 0 aliphatic carbocycles. The maximum absolute atomic E-state index is 11.4. The number of esters is 2. The molecule has 2 rings (SSSR count). The molecular formula is C24H30O8. The number of carbonyl (C=O) groups is 2. The maximum atomic E-state index is 11.4. The van der Waals surface area contributed by atoms with Crippen LogP contribution < -0.4 is 18.9 Å². The van der Waals surface area contributed by atoms with E-state index in [1.165, 1.54) is 28.1 Å². The summed E-state index contributed by atoms with van der Waals surface area (Å²) in [4.78, 5) is 22.8. The molecule has 2 N–H and O–H groups in total. The number of hydrogen-bond acceptors (Lipinski definition) is 8. The fourth-order valence-electron chi connectivity index (χ4n) is 3.54. The molecule has 0 spiro atoms. The third kappa shape index (κ3) is 6.29. The van der Waals surface area contributed by atoms with E-state index in [1.54, 1.807) is 24.3 Å². The number of phenols is 2. The van der Waals surface area contributed by atoms with Gasteiger partial charge in [0.05, 0.1) is 14.2 Å².